The summed E-state index contributed by atoms with van der Waals surface area (Å²) >= 11 is 6.95. The van der Waals surface area contributed by atoms with Crippen LogP contribution in [0.3, 0.4) is 0 Å². The number of phenols is 1. The number of rotatable bonds is 2. The van der Waals surface area contributed by atoms with Crippen molar-refractivity contribution in [3.05, 3.63) is 55.7 Å². The number of likely N-dealkylation sites (tertiary alicyclic amines) is 2. The molecule has 7 nitrogen and oxygen atoms in total. The Labute approximate surface area is 229 Å². The standard InChI is InChI=1S/C14H11Br2NO.C13H23N3O2/c15-10-5-9-1-3-11-8(6-12(9)17-7-10)2-4-13(18)14(11)16;14-13(18)16-8-4-11(5-9-16)10-12(17)15-6-2-1-3-7-15/h2,4-5,7,18H,1,3,6H2;11H,1-10H2,(H2,14,18). The van der Waals surface area contributed by atoms with Crippen molar-refractivity contribution < 1.29 is 14.7 Å². The third-order valence-electron chi connectivity index (χ3n) is 7.45. The number of halogens is 2. The van der Waals surface area contributed by atoms with Crippen LogP contribution in [0.25, 0.3) is 0 Å². The van der Waals surface area contributed by atoms with E-state index in [1.165, 1.54) is 23.1 Å². The second kappa shape index (κ2) is 12.4. The molecule has 3 N–H and O–H groups in total. The van der Waals surface area contributed by atoms with Gasteiger partial charge in [0.1, 0.15) is 5.75 Å². The minimum atomic E-state index is -0.337. The van der Waals surface area contributed by atoms with Crippen molar-refractivity contribution in [2.45, 2.75) is 57.8 Å². The molecular formula is C27H34Br2N4O3. The number of benzene rings is 1. The van der Waals surface area contributed by atoms with Crippen molar-refractivity contribution in [3.63, 3.8) is 0 Å². The molecule has 5 rings (SSSR count). The summed E-state index contributed by atoms with van der Waals surface area (Å²) in [4.78, 5) is 31.3. The van der Waals surface area contributed by atoms with Gasteiger partial charge in [-0.15, -0.1) is 0 Å². The first-order chi connectivity index (χ1) is 17.3. The maximum Gasteiger partial charge on any atom is 0.314 e. The Balaban J connectivity index is 0.000000169. The van der Waals surface area contributed by atoms with E-state index in [0.29, 0.717) is 37.1 Å². The smallest absolute Gasteiger partial charge is 0.314 e. The molecule has 0 radical (unpaired) electrons. The number of hydrogen-bond acceptors (Lipinski definition) is 4. The van der Waals surface area contributed by atoms with Crippen molar-refractivity contribution in [3.8, 4) is 5.75 Å². The van der Waals surface area contributed by atoms with Gasteiger partial charge in [-0.3, -0.25) is 9.78 Å². The van der Waals surface area contributed by atoms with Gasteiger partial charge in [0.2, 0.25) is 5.91 Å². The average Bonchev–Trinajstić information content (AvgIpc) is 3.07. The molecule has 1 aromatic carbocycles. The molecule has 36 heavy (non-hydrogen) atoms. The van der Waals surface area contributed by atoms with Gasteiger partial charge in [0, 0.05) is 55.4 Å². The highest BCUT2D eigenvalue weighted by Crippen LogP contribution is 2.34. The van der Waals surface area contributed by atoms with E-state index < -0.39 is 0 Å². The predicted octanol–water partition coefficient (Wildman–Crippen LogP) is 5.18. The third-order valence-corrected chi connectivity index (χ3v) is 8.77. The van der Waals surface area contributed by atoms with Crippen LogP contribution in [0.2, 0.25) is 0 Å². The summed E-state index contributed by atoms with van der Waals surface area (Å²) in [5.74, 6) is 1.04. The number of hydrogen-bond donors (Lipinski definition) is 2. The summed E-state index contributed by atoms with van der Waals surface area (Å²) in [6.07, 6.45) is 10.6. The van der Waals surface area contributed by atoms with Crippen LogP contribution >= 0.6 is 31.9 Å². The second-order valence-corrected chi connectivity index (χ2v) is 11.6. The minimum Gasteiger partial charge on any atom is -0.507 e. The second-order valence-electron chi connectivity index (χ2n) is 9.89. The Morgan fingerprint density at radius 1 is 1.00 bits per heavy atom. The normalized spacial score (nSPS) is 17.8. The Morgan fingerprint density at radius 2 is 1.72 bits per heavy atom. The van der Waals surface area contributed by atoms with Crippen LogP contribution in [-0.4, -0.2) is 58.0 Å². The molecular weight excluding hydrogens is 588 g/mol. The molecule has 2 fully saturated rings. The van der Waals surface area contributed by atoms with E-state index in [4.69, 9.17) is 5.73 Å². The Bertz CT molecular complexity index is 1100. The van der Waals surface area contributed by atoms with Crippen molar-refractivity contribution in [1.29, 1.82) is 0 Å². The molecule has 0 saturated carbocycles. The number of nitrogens with zero attached hydrogens (tertiary/aromatic N) is 3. The fourth-order valence-corrected chi connectivity index (χ4v) is 6.25. The zero-order valence-electron chi connectivity index (χ0n) is 20.5. The lowest BCUT2D eigenvalue weighted by Crippen LogP contribution is -2.43. The number of piperidine rings is 2. The molecule has 3 aliphatic rings. The fraction of sp³-hybridized carbons (Fsp3) is 0.519. The van der Waals surface area contributed by atoms with Crippen molar-refractivity contribution in [2.24, 2.45) is 11.7 Å². The van der Waals surface area contributed by atoms with E-state index >= 15 is 0 Å². The summed E-state index contributed by atoms with van der Waals surface area (Å²) in [5.41, 5.74) is 10.1. The number of primary amides is 1. The van der Waals surface area contributed by atoms with Gasteiger partial charge in [-0.05, 0) is 112 Å². The first-order valence-electron chi connectivity index (χ1n) is 12.8. The first kappa shape index (κ1) is 26.9. The molecule has 2 saturated heterocycles. The predicted molar refractivity (Wildman–Crippen MR) is 147 cm³/mol. The third kappa shape index (κ3) is 6.79. The number of carbonyl (C=O) groups excluding carboxylic acids is 2. The Hall–Kier alpha value is -2.13. The summed E-state index contributed by atoms with van der Waals surface area (Å²) < 4.78 is 1.85. The van der Waals surface area contributed by atoms with Crippen LogP contribution in [-0.2, 0) is 24.1 Å². The van der Waals surface area contributed by atoms with Crippen LogP contribution < -0.4 is 5.73 Å². The summed E-state index contributed by atoms with van der Waals surface area (Å²) in [6, 6.07) is 5.54. The number of aryl methyl sites for hydroxylation is 1. The molecule has 2 aliphatic heterocycles. The van der Waals surface area contributed by atoms with Gasteiger partial charge >= 0.3 is 6.03 Å². The van der Waals surface area contributed by atoms with E-state index in [0.717, 1.165) is 72.7 Å². The molecule has 0 unspecified atom stereocenters. The summed E-state index contributed by atoms with van der Waals surface area (Å²) in [7, 11) is 0. The van der Waals surface area contributed by atoms with Gasteiger partial charge < -0.3 is 20.6 Å². The van der Waals surface area contributed by atoms with Crippen molar-refractivity contribution in [2.75, 3.05) is 26.2 Å². The summed E-state index contributed by atoms with van der Waals surface area (Å²) in [6.45, 7) is 3.26. The van der Waals surface area contributed by atoms with Gasteiger partial charge in [-0.2, -0.15) is 0 Å². The molecule has 0 bridgehead atoms. The molecule has 3 amide bonds. The van der Waals surface area contributed by atoms with Crippen LogP contribution in [0.4, 0.5) is 4.79 Å². The quantitative estimate of drug-likeness (QED) is 0.483. The van der Waals surface area contributed by atoms with Crippen LogP contribution in [0, 0.1) is 5.92 Å². The lowest BCUT2D eigenvalue weighted by molar-refractivity contribution is -0.133. The van der Waals surface area contributed by atoms with Crippen LogP contribution in [0.5, 0.6) is 5.75 Å². The molecule has 2 aromatic rings. The van der Waals surface area contributed by atoms with Crippen molar-refractivity contribution >= 4 is 43.8 Å². The number of carbonyl (C=O) groups is 2. The van der Waals surface area contributed by atoms with Gasteiger partial charge in [0.25, 0.3) is 0 Å². The topological polar surface area (TPSA) is 99.8 Å². The van der Waals surface area contributed by atoms with Crippen LogP contribution in [0.1, 0.15) is 60.9 Å². The molecule has 0 spiro atoms. The summed E-state index contributed by atoms with van der Waals surface area (Å²) in [5, 5.41) is 9.76. The lowest BCUT2D eigenvalue weighted by atomic mass is 9.93. The molecule has 1 aromatic heterocycles. The van der Waals surface area contributed by atoms with E-state index in [1.807, 2.05) is 17.2 Å². The van der Waals surface area contributed by atoms with Gasteiger partial charge in [-0.25, -0.2) is 4.79 Å². The van der Waals surface area contributed by atoms with E-state index in [1.54, 1.807) is 11.0 Å². The SMILES string of the molecule is NC(=O)N1CCC(CC(=O)N2CCCCC2)CC1.Oc1ccc2c(c1Br)CCc1cc(Br)cnc1C2. The van der Waals surface area contributed by atoms with Gasteiger partial charge in [0.05, 0.1) is 4.47 Å². The molecule has 0 atom stereocenters. The van der Waals surface area contributed by atoms with Gasteiger partial charge in [-0.1, -0.05) is 6.07 Å². The number of phenolic OH excluding ortho intramolecular Hbond substituents is 1. The van der Waals surface area contributed by atoms with Gasteiger partial charge in [0.15, 0.2) is 0 Å². The minimum absolute atomic E-state index is 0.298. The van der Waals surface area contributed by atoms with E-state index in [9.17, 15) is 14.7 Å². The Kier molecular flexibility index (Phi) is 9.28. The molecule has 1 aliphatic carbocycles. The largest absolute Gasteiger partial charge is 0.507 e. The maximum absolute atomic E-state index is 12.1. The zero-order valence-corrected chi connectivity index (χ0v) is 23.7. The molecule has 9 heteroatoms. The van der Waals surface area contributed by atoms with Crippen molar-refractivity contribution in [1.82, 2.24) is 14.8 Å². The lowest BCUT2D eigenvalue weighted by Gasteiger charge is -2.32. The highest BCUT2D eigenvalue weighted by Gasteiger charge is 2.25. The number of pyridine rings is 1. The Morgan fingerprint density at radius 3 is 2.42 bits per heavy atom. The highest BCUT2D eigenvalue weighted by molar-refractivity contribution is 9.10. The van der Waals surface area contributed by atoms with Crippen LogP contribution in [0.15, 0.2) is 33.3 Å². The average molecular weight is 622 g/mol. The maximum atomic E-state index is 12.1. The number of amides is 3. The highest BCUT2D eigenvalue weighted by atomic mass is 79.9. The number of nitrogens with two attached hydrogens (primary N) is 1. The monoisotopic (exact) mass is 620 g/mol. The van der Waals surface area contributed by atoms with E-state index in [-0.39, 0.29) is 6.03 Å². The van der Waals surface area contributed by atoms with E-state index in [2.05, 4.69) is 42.9 Å². The number of urea groups is 1. The number of aromatic nitrogens is 1. The first-order valence-corrected chi connectivity index (χ1v) is 14.3. The zero-order chi connectivity index (χ0) is 25.7. The molecule has 194 valence electrons. The number of aromatic hydroxyl groups is 1. The fourth-order valence-electron chi connectivity index (χ4n) is 5.29. The molecule has 3 heterocycles. The number of fused-ring (bicyclic) bond motifs is 2.